The highest BCUT2D eigenvalue weighted by Crippen LogP contribution is 2.30. The number of halogens is 1. The predicted molar refractivity (Wildman–Crippen MR) is 107 cm³/mol. The molecule has 1 atom stereocenters. The van der Waals surface area contributed by atoms with Crippen molar-refractivity contribution < 1.29 is 13.9 Å². The topological polar surface area (TPSA) is 96.1 Å². The number of aromatic nitrogens is 4. The van der Waals surface area contributed by atoms with E-state index in [0.29, 0.717) is 12.0 Å². The maximum atomic E-state index is 13.3. The molecule has 0 N–H and O–H groups in total. The molecule has 0 aliphatic rings. The van der Waals surface area contributed by atoms with Gasteiger partial charge in [-0.3, -0.25) is 18.7 Å². The second-order valence-electron chi connectivity index (χ2n) is 6.30. The lowest BCUT2D eigenvalue weighted by molar-refractivity contribution is -0.140. The van der Waals surface area contributed by atoms with Gasteiger partial charge in [0.1, 0.15) is 21.5 Å². The van der Waals surface area contributed by atoms with Gasteiger partial charge in [0.25, 0.3) is 5.56 Å². The van der Waals surface area contributed by atoms with E-state index in [2.05, 4.69) is 9.97 Å². The van der Waals surface area contributed by atoms with Crippen molar-refractivity contribution in [2.24, 2.45) is 14.1 Å². The third kappa shape index (κ3) is 3.80. The molecule has 3 aromatic rings. The highest BCUT2D eigenvalue weighted by atomic mass is 32.2. The molecule has 0 saturated carbocycles. The Morgan fingerprint density at radius 1 is 1.17 bits per heavy atom. The summed E-state index contributed by atoms with van der Waals surface area (Å²) >= 11 is 1.07. The molecule has 2 aromatic heterocycles. The van der Waals surface area contributed by atoms with Crippen molar-refractivity contribution in [3.63, 3.8) is 0 Å². The number of rotatable bonds is 5. The van der Waals surface area contributed by atoms with Crippen molar-refractivity contribution in [1.29, 1.82) is 0 Å². The molecule has 0 fully saturated rings. The van der Waals surface area contributed by atoms with Crippen molar-refractivity contribution in [3.05, 3.63) is 50.9 Å². The minimum Gasteiger partial charge on any atom is -0.468 e. The second-order valence-corrected chi connectivity index (χ2v) is 7.49. The molecule has 152 valence electrons. The molecule has 1 aromatic carbocycles. The van der Waals surface area contributed by atoms with Crippen LogP contribution in [0, 0.1) is 5.82 Å². The van der Waals surface area contributed by atoms with Gasteiger partial charge in [0.05, 0.1) is 7.11 Å². The molecular weight excluding hydrogens is 399 g/mol. The van der Waals surface area contributed by atoms with Gasteiger partial charge in [-0.2, -0.15) is 0 Å². The van der Waals surface area contributed by atoms with Gasteiger partial charge >= 0.3 is 11.7 Å². The summed E-state index contributed by atoms with van der Waals surface area (Å²) in [4.78, 5) is 46.1. The summed E-state index contributed by atoms with van der Waals surface area (Å²) in [7, 11) is 4.15. The van der Waals surface area contributed by atoms with Gasteiger partial charge in [0, 0.05) is 19.7 Å². The molecule has 8 nitrogen and oxygen atoms in total. The van der Waals surface area contributed by atoms with Gasteiger partial charge in [-0.15, -0.1) is 0 Å². The lowest BCUT2D eigenvalue weighted by Gasteiger charge is -2.15. The molecule has 10 heteroatoms. The lowest BCUT2D eigenvalue weighted by atomic mass is 10.2. The van der Waals surface area contributed by atoms with Crippen LogP contribution in [0.5, 0.6) is 0 Å². The van der Waals surface area contributed by atoms with Crippen molar-refractivity contribution >= 4 is 28.8 Å². The number of carbonyl (C=O) groups is 1. The normalized spacial score (nSPS) is 12.2. The molecule has 2 heterocycles. The van der Waals surface area contributed by atoms with Crippen LogP contribution < -0.4 is 11.2 Å². The van der Waals surface area contributed by atoms with Crippen molar-refractivity contribution in [1.82, 2.24) is 19.1 Å². The third-order valence-electron chi connectivity index (χ3n) is 4.46. The molecule has 0 bridgehead atoms. The van der Waals surface area contributed by atoms with Crippen LogP contribution in [-0.4, -0.2) is 37.4 Å². The Bertz CT molecular complexity index is 1200. The number of thioether (sulfide) groups is 1. The zero-order valence-corrected chi connectivity index (χ0v) is 17.1. The van der Waals surface area contributed by atoms with E-state index in [9.17, 15) is 18.8 Å². The monoisotopic (exact) mass is 418 g/mol. The van der Waals surface area contributed by atoms with E-state index in [1.165, 1.54) is 50.0 Å². The number of aryl methyl sites for hydroxylation is 1. The van der Waals surface area contributed by atoms with Gasteiger partial charge in [0.15, 0.2) is 11.5 Å². The molecule has 0 saturated heterocycles. The van der Waals surface area contributed by atoms with Crippen molar-refractivity contribution in [2.75, 3.05) is 7.11 Å². The molecule has 0 aliphatic heterocycles. The number of methoxy groups -OCH3 is 1. The molecule has 29 heavy (non-hydrogen) atoms. The average molecular weight is 418 g/mol. The first-order valence-electron chi connectivity index (χ1n) is 8.76. The number of fused-ring (bicyclic) bond motifs is 1. The van der Waals surface area contributed by atoms with Crippen LogP contribution in [-0.2, 0) is 23.6 Å². The maximum absolute atomic E-state index is 13.3. The first kappa shape index (κ1) is 20.7. The van der Waals surface area contributed by atoms with E-state index >= 15 is 0 Å². The molecule has 3 rings (SSSR count). The van der Waals surface area contributed by atoms with Crippen LogP contribution in [0.15, 0.2) is 38.9 Å². The Kier molecular flexibility index (Phi) is 5.83. The quantitative estimate of drug-likeness (QED) is 0.355. The second kappa shape index (κ2) is 8.16. The van der Waals surface area contributed by atoms with Gasteiger partial charge < -0.3 is 4.74 Å². The summed E-state index contributed by atoms with van der Waals surface area (Å²) in [5, 5.41) is -0.211. The first-order valence-corrected chi connectivity index (χ1v) is 9.64. The van der Waals surface area contributed by atoms with E-state index in [0.717, 1.165) is 16.3 Å². The average Bonchev–Trinajstić information content (AvgIpc) is 2.73. The number of hydrogen-bond donors (Lipinski definition) is 0. The van der Waals surface area contributed by atoms with Crippen LogP contribution in [0.1, 0.15) is 13.3 Å². The van der Waals surface area contributed by atoms with E-state index in [1.54, 1.807) is 0 Å². The molecule has 0 radical (unpaired) electrons. The SMILES string of the molecule is CC[C@H](Sc1nc(-c2ccc(F)cc2)nc2c1c(=O)n(C)c(=O)n2C)C(=O)OC. The minimum absolute atomic E-state index is 0.132. The van der Waals surface area contributed by atoms with Crippen LogP contribution in [0.3, 0.4) is 0 Å². The van der Waals surface area contributed by atoms with Gasteiger partial charge in [0.2, 0.25) is 0 Å². The highest BCUT2D eigenvalue weighted by Gasteiger charge is 2.24. The van der Waals surface area contributed by atoms with E-state index in [-0.39, 0.29) is 21.9 Å². The Hall–Kier alpha value is -3.01. The van der Waals surface area contributed by atoms with E-state index in [1.807, 2.05) is 6.92 Å². The fraction of sp³-hybridized carbons (Fsp3) is 0.316. The van der Waals surface area contributed by atoms with Crippen LogP contribution in [0.2, 0.25) is 0 Å². The zero-order valence-electron chi connectivity index (χ0n) is 16.3. The number of benzene rings is 1. The number of esters is 1. The third-order valence-corrected chi connectivity index (χ3v) is 5.79. The Morgan fingerprint density at radius 3 is 2.41 bits per heavy atom. The molecule has 0 spiro atoms. The van der Waals surface area contributed by atoms with Crippen LogP contribution in [0.4, 0.5) is 4.39 Å². The summed E-state index contributed by atoms with van der Waals surface area (Å²) in [5.74, 6) is -0.653. The van der Waals surface area contributed by atoms with Gasteiger partial charge in [-0.1, -0.05) is 18.7 Å². The zero-order chi connectivity index (χ0) is 21.3. The van der Waals surface area contributed by atoms with Gasteiger partial charge in [-0.25, -0.2) is 19.2 Å². The van der Waals surface area contributed by atoms with Crippen LogP contribution in [0.25, 0.3) is 22.4 Å². The summed E-state index contributed by atoms with van der Waals surface area (Å²) in [6, 6.07) is 5.54. The maximum Gasteiger partial charge on any atom is 0.332 e. The molecule has 0 unspecified atom stereocenters. The Balaban J connectivity index is 2.34. The largest absolute Gasteiger partial charge is 0.468 e. The Morgan fingerprint density at radius 2 is 1.83 bits per heavy atom. The van der Waals surface area contributed by atoms with E-state index < -0.39 is 28.3 Å². The number of ether oxygens (including phenoxy) is 1. The number of carbonyl (C=O) groups excluding carboxylic acids is 1. The molecular formula is C19H19FN4O4S. The summed E-state index contributed by atoms with van der Waals surface area (Å²) < 4.78 is 20.3. The van der Waals surface area contributed by atoms with Crippen molar-refractivity contribution in [2.45, 2.75) is 23.6 Å². The van der Waals surface area contributed by atoms with E-state index in [4.69, 9.17) is 4.74 Å². The lowest BCUT2D eigenvalue weighted by Crippen LogP contribution is -2.37. The first-order chi connectivity index (χ1) is 13.8. The molecule has 0 amide bonds. The number of hydrogen-bond acceptors (Lipinski definition) is 7. The predicted octanol–water partition coefficient (Wildman–Crippen LogP) is 1.88. The van der Waals surface area contributed by atoms with Gasteiger partial charge in [-0.05, 0) is 30.7 Å². The fourth-order valence-corrected chi connectivity index (χ4v) is 3.87. The Labute approximate surface area is 169 Å². The molecule has 0 aliphatic carbocycles. The highest BCUT2D eigenvalue weighted by molar-refractivity contribution is 8.00. The number of nitrogens with zero attached hydrogens (tertiary/aromatic N) is 4. The fourth-order valence-electron chi connectivity index (χ4n) is 2.81. The van der Waals surface area contributed by atoms with Crippen molar-refractivity contribution in [3.8, 4) is 11.4 Å². The minimum atomic E-state index is -0.596. The summed E-state index contributed by atoms with van der Waals surface area (Å²) in [6.45, 7) is 1.81. The standard InChI is InChI=1S/C19H19FN4O4S/c1-5-12(18(26)28-4)29-16-13-15(23(2)19(27)24(3)17(13)25)21-14(22-16)10-6-8-11(20)9-7-10/h6-9,12H,5H2,1-4H3/t12-/m0/s1. The summed E-state index contributed by atoms with van der Waals surface area (Å²) in [6.07, 6.45) is 0.445. The smallest absolute Gasteiger partial charge is 0.332 e. The van der Waals surface area contributed by atoms with Crippen LogP contribution >= 0.6 is 11.8 Å². The summed E-state index contributed by atoms with van der Waals surface area (Å²) in [5.41, 5.74) is -0.456.